The predicted octanol–water partition coefficient (Wildman–Crippen LogP) is 2.21. The summed E-state index contributed by atoms with van der Waals surface area (Å²) in [5, 5.41) is 14.7. The number of pyridine rings is 1. The molecule has 0 radical (unpaired) electrons. The second kappa shape index (κ2) is 6.60. The summed E-state index contributed by atoms with van der Waals surface area (Å²) in [6.07, 6.45) is -0.150. The fourth-order valence-corrected chi connectivity index (χ4v) is 5.38. The van der Waals surface area contributed by atoms with Gasteiger partial charge in [0.05, 0.1) is 16.0 Å². The van der Waals surface area contributed by atoms with Crippen LogP contribution in [0.4, 0.5) is 13.2 Å². The summed E-state index contributed by atoms with van der Waals surface area (Å²) in [6, 6.07) is 3.05. The number of aromatic nitrogens is 8. The lowest BCUT2D eigenvalue weighted by Gasteiger charge is -2.18. The summed E-state index contributed by atoms with van der Waals surface area (Å²) >= 11 is 0. The van der Waals surface area contributed by atoms with E-state index in [1.165, 1.54) is 23.3 Å². The van der Waals surface area contributed by atoms with Crippen LogP contribution in [0.1, 0.15) is 18.4 Å². The topological polar surface area (TPSA) is 124 Å². The summed E-state index contributed by atoms with van der Waals surface area (Å²) in [7, 11) is -2.01. The van der Waals surface area contributed by atoms with Crippen LogP contribution >= 0.6 is 0 Å². The average molecular weight is 466 g/mol. The van der Waals surface area contributed by atoms with Gasteiger partial charge in [0, 0.05) is 25.1 Å². The highest BCUT2D eigenvalue weighted by atomic mass is 32.2. The molecule has 1 N–H and O–H groups in total. The maximum absolute atomic E-state index is 13.4. The Morgan fingerprint density at radius 3 is 2.56 bits per heavy atom. The minimum Gasteiger partial charge on any atom is -0.276 e. The molecule has 1 fully saturated rings. The first kappa shape index (κ1) is 20.6. The van der Waals surface area contributed by atoms with E-state index in [4.69, 9.17) is 0 Å². The molecule has 14 heteroatoms. The third-order valence-corrected chi connectivity index (χ3v) is 7.67. The minimum atomic E-state index is -4.58. The normalized spacial score (nSPS) is 16.0. The van der Waals surface area contributed by atoms with Gasteiger partial charge in [-0.25, -0.2) is 23.1 Å². The Morgan fingerprint density at radius 2 is 2.03 bits per heavy atom. The predicted molar refractivity (Wildman–Crippen MR) is 107 cm³/mol. The van der Waals surface area contributed by atoms with Crippen molar-refractivity contribution >= 4 is 20.9 Å². The third kappa shape index (κ3) is 3.16. The smallest absolute Gasteiger partial charge is 0.276 e. The molecular formula is C18H17F3N8O2S. The highest BCUT2D eigenvalue weighted by molar-refractivity contribution is 7.92. The molecule has 0 amide bonds. The summed E-state index contributed by atoms with van der Waals surface area (Å²) in [6.45, 7) is -1.39. The van der Waals surface area contributed by atoms with Crippen molar-refractivity contribution in [2.24, 2.45) is 7.05 Å². The van der Waals surface area contributed by atoms with Gasteiger partial charge in [-0.3, -0.25) is 9.78 Å². The van der Waals surface area contributed by atoms with Gasteiger partial charge in [0.1, 0.15) is 29.8 Å². The molecule has 0 unspecified atom stereocenters. The molecule has 32 heavy (non-hydrogen) atoms. The molecule has 0 spiro atoms. The molecule has 0 saturated heterocycles. The molecule has 168 valence electrons. The van der Waals surface area contributed by atoms with Crippen molar-refractivity contribution in [2.75, 3.05) is 6.26 Å². The van der Waals surface area contributed by atoms with Crippen LogP contribution in [0.5, 0.6) is 0 Å². The Bertz CT molecular complexity index is 1430. The van der Waals surface area contributed by atoms with Crippen LogP contribution in [-0.4, -0.2) is 60.6 Å². The lowest BCUT2D eigenvalue weighted by atomic mass is 10.1. The maximum Gasteiger partial charge on any atom is 0.408 e. The lowest BCUT2D eigenvalue weighted by Crippen LogP contribution is -2.23. The Kier molecular flexibility index (Phi) is 4.25. The van der Waals surface area contributed by atoms with Crippen molar-refractivity contribution in [1.82, 2.24) is 39.7 Å². The van der Waals surface area contributed by atoms with Gasteiger partial charge in [-0.05, 0) is 25.0 Å². The Hall–Kier alpha value is -3.29. The summed E-state index contributed by atoms with van der Waals surface area (Å²) in [4.78, 5) is 8.72. The Morgan fingerprint density at radius 1 is 1.28 bits per heavy atom. The monoisotopic (exact) mass is 466 g/mol. The number of aromatic amines is 1. The number of H-pyrrole nitrogens is 1. The number of rotatable bonds is 5. The first-order chi connectivity index (χ1) is 15.0. The van der Waals surface area contributed by atoms with E-state index in [0.717, 1.165) is 10.9 Å². The van der Waals surface area contributed by atoms with Gasteiger partial charge in [-0.15, -0.1) is 0 Å². The number of aryl methyl sites for hydroxylation is 1. The van der Waals surface area contributed by atoms with Gasteiger partial charge in [0.15, 0.2) is 15.7 Å². The largest absolute Gasteiger partial charge is 0.408 e. The molecule has 4 aromatic rings. The number of halogens is 3. The average Bonchev–Trinajstić information content (AvgIpc) is 2.99. The number of nitrogens with one attached hydrogen (secondary N) is 1. The van der Waals surface area contributed by atoms with Crippen LogP contribution in [0, 0.1) is 0 Å². The van der Waals surface area contributed by atoms with Gasteiger partial charge >= 0.3 is 6.18 Å². The standard InChI is InChI=1S/C18H17F3N8O2S/c1-28-16(22-9-24-28)12-7-10(17(4-5-17)32(2,30)31)15-14(25-12)13(11-3-6-23-26-11)27-29(15)8-18(19,20)21/h3,6-7,9H,4-5,8H2,1-2H3,(H,23,26). The zero-order chi connectivity index (χ0) is 22.9. The number of hydrogen-bond donors (Lipinski definition) is 1. The Labute approximate surface area is 179 Å². The van der Waals surface area contributed by atoms with Crippen LogP contribution in [0.3, 0.4) is 0 Å². The highest BCUT2D eigenvalue weighted by Gasteiger charge is 2.55. The van der Waals surface area contributed by atoms with Gasteiger partial charge < -0.3 is 0 Å². The summed E-state index contributed by atoms with van der Waals surface area (Å²) in [5.74, 6) is 0.344. The van der Waals surface area contributed by atoms with Crippen molar-refractivity contribution < 1.29 is 21.6 Å². The SMILES string of the molecule is Cn1ncnc1-c1cc(C2(S(C)(=O)=O)CC2)c2c(n1)c(-c1ccn[nH]1)nn2CC(F)(F)F. The molecule has 1 aliphatic rings. The van der Waals surface area contributed by atoms with E-state index in [0.29, 0.717) is 24.4 Å². The number of fused-ring (bicyclic) bond motifs is 1. The fourth-order valence-electron chi connectivity index (χ4n) is 3.98. The van der Waals surface area contributed by atoms with Gasteiger partial charge in [0.25, 0.3) is 0 Å². The van der Waals surface area contributed by atoms with E-state index in [2.05, 4.69) is 30.4 Å². The van der Waals surface area contributed by atoms with Crippen molar-refractivity contribution in [1.29, 1.82) is 0 Å². The molecule has 4 aromatic heterocycles. The van der Waals surface area contributed by atoms with Crippen molar-refractivity contribution in [2.45, 2.75) is 30.3 Å². The molecule has 1 saturated carbocycles. The number of nitrogens with zero attached hydrogens (tertiary/aromatic N) is 7. The molecule has 0 aliphatic heterocycles. The molecule has 0 atom stereocenters. The maximum atomic E-state index is 13.4. The first-order valence-corrected chi connectivity index (χ1v) is 11.4. The van der Waals surface area contributed by atoms with E-state index in [1.54, 1.807) is 13.1 Å². The van der Waals surface area contributed by atoms with Crippen LogP contribution in [0.25, 0.3) is 33.9 Å². The zero-order valence-electron chi connectivity index (χ0n) is 16.9. The van der Waals surface area contributed by atoms with Crippen molar-refractivity contribution in [3.8, 4) is 22.9 Å². The van der Waals surface area contributed by atoms with Crippen LogP contribution in [-0.2, 0) is 28.2 Å². The van der Waals surface area contributed by atoms with Crippen LogP contribution in [0.15, 0.2) is 24.7 Å². The quantitative estimate of drug-likeness (QED) is 0.478. The molecule has 1 aliphatic carbocycles. The molecule has 4 heterocycles. The van der Waals surface area contributed by atoms with Crippen LogP contribution in [0.2, 0.25) is 0 Å². The fraction of sp³-hybridized carbons (Fsp3) is 0.389. The number of hydrogen-bond acceptors (Lipinski definition) is 7. The minimum absolute atomic E-state index is 0.0285. The zero-order valence-corrected chi connectivity index (χ0v) is 17.7. The molecule has 0 bridgehead atoms. The van der Waals surface area contributed by atoms with Crippen molar-refractivity contribution in [3.05, 3.63) is 30.2 Å². The third-order valence-electron chi connectivity index (χ3n) is 5.63. The van der Waals surface area contributed by atoms with E-state index in [1.807, 2.05) is 0 Å². The molecule has 0 aromatic carbocycles. The number of sulfone groups is 1. The Balaban J connectivity index is 1.90. The van der Waals surface area contributed by atoms with E-state index >= 15 is 0 Å². The van der Waals surface area contributed by atoms with Gasteiger partial charge in [-0.2, -0.15) is 28.5 Å². The lowest BCUT2D eigenvalue weighted by molar-refractivity contribution is -0.141. The van der Waals surface area contributed by atoms with E-state index in [9.17, 15) is 21.6 Å². The summed E-state index contributed by atoms with van der Waals surface area (Å²) < 4.78 is 66.6. The molecule has 10 nitrogen and oxygen atoms in total. The first-order valence-electron chi connectivity index (χ1n) is 9.53. The van der Waals surface area contributed by atoms with E-state index in [-0.39, 0.29) is 28.0 Å². The molecule has 5 rings (SSSR count). The number of alkyl halides is 3. The van der Waals surface area contributed by atoms with Gasteiger partial charge in [0.2, 0.25) is 0 Å². The molecular weight excluding hydrogens is 449 g/mol. The second-order valence-electron chi connectivity index (χ2n) is 7.82. The van der Waals surface area contributed by atoms with Gasteiger partial charge in [-0.1, -0.05) is 0 Å². The van der Waals surface area contributed by atoms with E-state index < -0.39 is 27.3 Å². The second-order valence-corrected chi connectivity index (χ2v) is 10.1. The van der Waals surface area contributed by atoms with Crippen LogP contribution < -0.4 is 0 Å². The van der Waals surface area contributed by atoms with Crippen molar-refractivity contribution in [3.63, 3.8) is 0 Å². The highest BCUT2D eigenvalue weighted by Crippen LogP contribution is 2.55. The summed E-state index contributed by atoms with van der Waals surface area (Å²) in [5.41, 5.74) is 1.16.